The van der Waals surface area contributed by atoms with E-state index in [-0.39, 0.29) is 5.91 Å². The normalized spacial score (nSPS) is 14.1. The van der Waals surface area contributed by atoms with E-state index in [9.17, 15) is 4.79 Å². The van der Waals surface area contributed by atoms with Gasteiger partial charge < -0.3 is 21.1 Å². The van der Waals surface area contributed by atoms with Gasteiger partial charge in [-0.2, -0.15) is 0 Å². The molecule has 0 unspecified atom stereocenters. The summed E-state index contributed by atoms with van der Waals surface area (Å²) in [6.07, 6.45) is 2.76. The van der Waals surface area contributed by atoms with Gasteiger partial charge >= 0.3 is 0 Å². The maximum atomic E-state index is 12.5. The molecule has 3 aromatic rings. The highest BCUT2D eigenvalue weighted by Crippen LogP contribution is 2.21. The molecule has 4 rings (SSSR count). The Morgan fingerprint density at radius 2 is 1.84 bits per heavy atom. The van der Waals surface area contributed by atoms with Gasteiger partial charge in [0.2, 0.25) is 5.95 Å². The van der Waals surface area contributed by atoms with Crippen molar-refractivity contribution in [2.45, 2.75) is 6.42 Å². The summed E-state index contributed by atoms with van der Waals surface area (Å²) in [4.78, 5) is 23.9. The van der Waals surface area contributed by atoms with Crippen LogP contribution in [0.15, 0.2) is 60.8 Å². The molecule has 2 heterocycles. The Morgan fingerprint density at radius 1 is 1.06 bits per heavy atom. The topological polar surface area (TPSA) is 105 Å². The second kappa shape index (κ2) is 10.7. The molecule has 0 atom stereocenters. The molecule has 1 saturated heterocycles. The first-order chi connectivity index (χ1) is 15.7. The standard InChI is InChI=1S/C24H28N6O2/c25-20-4-1-2-5-22(20)28-23(31)19-8-6-18(7-9-19)21-10-12-27-24(29-21)26-11-3-13-30-14-16-32-17-15-30/h1-2,4-10,12H,3,11,13-17,25H2,(H,28,31)(H,26,27,29). The van der Waals surface area contributed by atoms with Crippen LogP contribution < -0.4 is 16.4 Å². The van der Waals surface area contributed by atoms with E-state index in [2.05, 4.69) is 25.5 Å². The van der Waals surface area contributed by atoms with Crippen LogP contribution >= 0.6 is 0 Å². The van der Waals surface area contributed by atoms with E-state index in [1.807, 2.05) is 30.3 Å². The van der Waals surface area contributed by atoms with E-state index in [1.54, 1.807) is 30.5 Å². The highest BCUT2D eigenvalue weighted by Gasteiger charge is 2.10. The lowest BCUT2D eigenvalue weighted by atomic mass is 10.1. The molecule has 1 aliphatic heterocycles. The minimum Gasteiger partial charge on any atom is -0.397 e. The highest BCUT2D eigenvalue weighted by atomic mass is 16.5. The Kier molecular flexibility index (Phi) is 7.27. The van der Waals surface area contributed by atoms with Gasteiger partial charge in [0.25, 0.3) is 5.91 Å². The monoisotopic (exact) mass is 432 g/mol. The third-order valence-electron chi connectivity index (χ3n) is 5.35. The lowest BCUT2D eigenvalue weighted by Gasteiger charge is -2.26. The van der Waals surface area contributed by atoms with Gasteiger partial charge in [-0.3, -0.25) is 9.69 Å². The molecule has 1 aliphatic rings. The quantitative estimate of drug-likeness (QED) is 0.371. The van der Waals surface area contributed by atoms with Gasteiger partial charge in [-0.05, 0) is 43.3 Å². The summed E-state index contributed by atoms with van der Waals surface area (Å²) in [6, 6.07) is 16.4. The summed E-state index contributed by atoms with van der Waals surface area (Å²) >= 11 is 0. The van der Waals surface area contributed by atoms with Crippen LogP contribution in [0.2, 0.25) is 0 Å². The van der Waals surface area contributed by atoms with Gasteiger partial charge in [0.1, 0.15) is 0 Å². The number of nitrogens with one attached hydrogen (secondary N) is 2. The van der Waals surface area contributed by atoms with Crippen LogP contribution in [0.4, 0.5) is 17.3 Å². The Morgan fingerprint density at radius 3 is 2.62 bits per heavy atom. The number of carbonyl (C=O) groups is 1. The van der Waals surface area contributed by atoms with Crippen LogP contribution in [-0.2, 0) is 4.74 Å². The molecule has 0 spiro atoms. The first-order valence-electron chi connectivity index (χ1n) is 10.8. The van der Waals surface area contributed by atoms with E-state index in [4.69, 9.17) is 10.5 Å². The molecular formula is C24H28N6O2. The zero-order valence-corrected chi connectivity index (χ0v) is 18.0. The first kappa shape index (κ1) is 21.7. The number of benzene rings is 2. The minimum atomic E-state index is -0.209. The number of nitrogens with two attached hydrogens (primary N) is 1. The predicted octanol–water partition coefficient (Wildman–Crippen LogP) is 3.11. The fraction of sp³-hybridized carbons (Fsp3) is 0.292. The lowest BCUT2D eigenvalue weighted by Crippen LogP contribution is -2.37. The number of amides is 1. The van der Waals surface area contributed by atoms with Gasteiger partial charge in [0, 0.05) is 37.0 Å². The van der Waals surface area contributed by atoms with Crippen LogP contribution in [0.5, 0.6) is 0 Å². The second-order valence-electron chi connectivity index (χ2n) is 7.62. The first-order valence-corrected chi connectivity index (χ1v) is 10.8. The summed E-state index contributed by atoms with van der Waals surface area (Å²) in [5.41, 5.74) is 9.30. The van der Waals surface area contributed by atoms with E-state index in [0.29, 0.717) is 22.9 Å². The maximum absolute atomic E-state index is 12.5. The molecule has 8 nitrogen and oxygen atoms in total. The van der Waals surface area contributed by atoms with Crippen molar-refractivity contribution in [3.05, 3.63) is 66.4 Å². The third-order valence-corrected chi connectivity index (χ3v) is 5.35. The predicted molar refractivity (Wildman–Crippen MR) is 127 cm³/mol. The maximum Gasteiger partial charge on any atom is 0.255 e. The largest absolute Gasteiger partial charge is 0.397 e. The molecular weight excluding hydrogens is 404 g/mol. The summed E-state index contributed by atoms with van der Waals surface area (Å²) < 4.78 is 5.38. The van der Waals surface area contributed by atoms with Crippen molar-refractivity contribution in [2.75, 3.05) is 55.8 Å². The molecule has 0 bridgehead atoms. The summed E-state index contributed by atoms with van der Waals surface area (Å²) in [7, 11) is 0. The van der Waals surface area contributed by atoms with E-state index in [1.165, 1.54) is 0 Å². The smallest absolute Gasteiger partial charge is 0.255 e. The molecule has 166 valence electrons. The Hall–Kier alpha value is -3.49. The van der Waals surface area contributed by atoms with Crippen molar-refractivity contribution >= 4 is 23.2 Å². The number of nitrogens with zero attached hydrogens (tertiary/aromatic N) is 3. The fourth-order valence-corrected chi connectivity index (χ4v) is 3.53. The van der Waals surface area contributed by atoms with Gasteiger partial charge in [-0.25, -0.2) is 9.97 Å². The Labute approximate surface area is 187 Å². The molecule has 2 aromatic carbocycles. The number of aromatic nitrogens is 2. The molecule has 0 radical (unpaired) electrons. The molecule has 32 heavy (non-hydrogen) atoms. The fourth-order valence-electron chi connectivity index (χ4n) is 3.53. The molecule has 0 aliphatic carbocycles. The SMILES string of the molecule is Nc1ccccc1NC(=O)c1ccc(-c2ccnc(NCCCN3CCOCC3)n2)cc1. The van der Waals surface area contributed by atoms with Crippen LogP contribution in [0.3, 0.4) is 0 Å². The second-order valence-corrected chi connectivity index (χ2v) is 7.62. The molecule has 8 heteroatoms. The number of morpholine rings is 1. The zero-order chi connectivity index (χ0) is 22.2. The Bertz CT molecular complexity index is 1030. The van der Waals surface area contributed by atoms with Crippen LogP contribution in [0.25, 0.3) is 11.3 Å². The highest BCUT2D eigenvalue weighted by molar-refractivity contribution is 6.05. The molecule has 1 aromatic heterocycles. The summed E-state index contributed by atoms with van der Waals surface area (Å²) in [5, 5.41) is 6.14. The number of para-hydroxylation sites is 2. The number of rotatable bonds is 8. The van der Waals surface area contributed by atoms with Gasteiger partial charge in [0.05, 0.1) is 30.3 Å². The van der Waals surface area contributed by atoms with Gasteiger partial charge in [0.15, 0.2) is 0 Å². The van der Waals surface area contributed by atoms with Gasteiger partial charge in [-0.15, -0.1) is 0 Å². The van der Waals surface area contributed by atoms with Crippen LogP contribution in [0, 0.1) is 0 Å². The lowest BCUT2D eigenvalue weighted by molar-refractivity contribution is 0.0378. The van der Waals surface area contributed by atoms with Crippen molar-refractivity contribution in [3.8, 4) is 11.3 Å². The van der Waals surface area contributed by atoms with E-state index >= 15 is 0 Å². The molecule has 1 fully saturated rings. The summed E-state index contributed by atoms with van der Waals surface area (Å²) in [6.45, 7) is 5.48. The summed E-state index contributed by atoms with van der Waals surface area (Å²) in [5.74, 6) is 0.394. The Balaban J connectivity index is 1.32. The number of carbonyl (C=O) groups excluding carboxylic acids is 1. The minimum absolute atomic E-state index is 0.209. The number of ether oxygens (including phenoxy) is 1. The zero-order valence-electron chi connectivity index (χ0n) is 18.0. The average molecular weight is 433 g/mol. The van der Waals surface area contributed by atoms with E-state index < -0.39 is 0 Å². The third kappa shape index (κ3) is 5.81. The molecule has 1 amide bonds. The molecule has 4 N–H and O–H groups in total. The van der Waals surface area contributed by atoms with E-state index in [0.717, 1.165) is 57.1 Å². The molecule has 0 saturated carbocycles. The van der Waals surface area contributed by atoms with Crippen molar-refractivity contribution in [3.63, 3.8) is 0 Å². The van der Waals surface area contributed by atoms with Crippen molar-refractivity contribution in [1.29, 1.82) is 0 Å². The van der Waals surface area contributed by atoms with Gasteiger partial charge in [-0.1, -0.05) is 24.3 Å². The van der Waals surface area contributed by atoms with Crippen LogP contribution in [0.1, 0.15) is 16.8 Å². The van der Waals surface area contributed by atoms with Crippen molar-refractivity contribution in [1.82, 2.24) is 14.9 Å². The number of nitrogen functional groups attached to an aromatic ring is 1. The van der Waals surface area contributed by atoms with Crippen LogP contribution in [-0.4, -0.2) is 60.2 Å². The number of anilines is 3. The number of hydrogen-bond donors (Lipinski definition) is 3. The van der Waals surface area contributed by atoms with Crippen molar-refractivity contribution < 1.29 is 9.53 Å². The average Bonchev–Trinajstić information content (AvgIpc) is 2.84. The van der Waals surface area contributed by atoms with Crippen molar-refractivity contribution in [2.24, 2.45) is 0 Å². The number of hydrogen-bond acceptors (Lipinski definition) is 7.